The molecule has 0 aliphatic carbocycles. The number of hydrogen-bond acceptors (Lipinski definition) is 2. The quantitative estimate of drug-likeness (QED) is 0.0929. The first-order chi connectivity index (χ1) is 18.8. The van der Waals surface area contributed by atoms with Gasteiger partial charge in [-0.25, -0.2) is 18.3 Å². The maximum atomic E-state index is 5.78. The van der Waals surface area contributed by atoms with Crippen LogP contribution in [0.2, 0.25) is 0 Å². The van der Waals surface area contributed by atoms with Crippen LogP contribution >= 0.6 is 0 Å². The standard InChI is InChI=1S/C32H60N4O2/c1-3-5-7-9-11-13-15-17-19-33-21-23-35(31-33)25-27-37-29-30-38-28-26-36-24-22-34(32-36)20-18-16-14-12-10-8-6-4-2/h21-24,31-32H,3-20,25-30H2,1-2H3/q+2. The molecule has 2 heterocycles. The molecule has 0 aliphatic heterocycles. The van der Waals surface area contributed by atoms with Crippen molar-refractivity contribution in [3.8, 4) is 0 Å². The van der Waals surface area contributed by atoms with Crippen LogP contribution in [0.25, 0.3) is 0 Å². The Hall–Kier alpha value is -1.66. The summed E-state index contributed by atoms with van der Waals surface area (Å²) >= 11 is 0. The van der Waals surface area contributed by atoms with E-state index in [-0.39, 0.29) is 0 Å². The topological polar surface area (TPSA) is 36.1 Å². The van der Waals surface area contributed by atoms with Crippen molar-refractivity contribution in [2.45, 2.75) is 143 Å². The van der Waals surface area contributed by atoms with Gasteiger partial charge in [0.05, 0.1) is 39.5 Å². The molecule has 218 valence electrons. The minimum absolute atomic E-state index is 0.656. The third kappa shape index (κ3) is 17.0. The Morgan fingerprint density at radius 1 is 0.474 bits per heavy atom. The van der Waals surface area contributed by atoms with E-state index in [4.69, 9.17) is 9.47 Å². The van der Waals surface area contributed by atoms with E-state index in [1.165, 1.54) is 103 Å². The Balaban J connectivity index is 1.38. The Labute approximate surface area is 234 Å². The SMILES string of the molecule is CCCCCCCCCC[n+]1ccn(CCOCCOCCn2cc[n+](CCCCCCCCCC)c2)c1. The zero-order valence-electron chi connectivity index (χ0n) is 25.0. The summed E-state index contributed by atoms with van der Waals surface area (Å²) in [5.41, 5.74) is 0. The van der Waals surface area contributed by atoms with Gasteiger partial charge in [0.1, 0.15) is 37.9 Å². The second-order valence-corrected chi connectivity index (χ2v) is 11.0. The van der Waals surface area contributed by atoms with Crippen LogP contribution in [0.3, 0.4) is 0 Å². The zero-order valence-corrected chi connectivity index (χ0v) is 25.0. The van der Waals surface area contributed by atoms with Gasteiger partial charge in [-0.15, -0.1) is 0 Å². The third-order valence-corrected chi connectivity index (χ3v) is 7.39. The monoisotopic (exact) mass is 532 g/mol. The van der Waals surface area contributed by atoms with Crippen molar-refractivity contribution in [1.82, 2.24) is 9.13 Å². The van der Waals surface area contributed by atoms with Crippen molar-refractivity contribution >= 4 is 0 Å². The highest BCUT2D eigenvalue weighted by Crippen LogP contribution is 2.09. The van der Waals surface area contributed by atoms with Gasteiger partial charge in [-0.2, -0.15) is 0 Å². The molecular formula is C32H60N4O2+2. The molecule has 0 saturated carbocycles. The molecule has 2 aromatic heterocycles. The fourth-order valence-electron chi connectivity index (χ4n) is 4.92. The van der Waals surface area contributed by atoms with Crippen LogP contribution in [0.5, 0.6) is 0 Å². The van der Waals surface area contributed by atoms with Gasteiger partial charge in [-0.05, 0) is 25.7 Å². The van der Waals surface area contributed by atoms with E-state index in [9.17, 15) is 0 Å². The molecule has 0 N–H and O–H groups in total. The summed E-state index contributed by atoms with van der Waals surface area (Å²) in [4.78, 5) is 0. The molecule has 0 unspecified atom stereocenters. The summed E-state index contributed by atoms with van der Waals surface area (Å²) in [6, 6.07) is 0. The van der Waals surface area contributed by atoms with Gasteiger partial charge < -0.3 is 9.47 Å². The molecule has 0 aliphatic rings. The van der Waals surface area contributed by atoms with Gasteiger partial charge in [-0.1, -0.05) is 90.9 Å². The first-order valence-electron chi connectivity index (χ1n) is 16.1. The molecule has 0 saturated heterocycles. The maximum absolute atomic E-state index is 5.78. The van der Waals surface area contributed by atoms with E-state index < -0.39 is 0 Å². The lowest BCUT2D eigenvalue weighted by molar-refractivity contribution is -0.697. The predicted octanol–water partition coefficient (Wildman–Crippen LogP) is 6.88. The Morgan fingerprint density at radius 3 is 1.24 bits per heavy atom. The minimum Gasteiger partial charge on any atom is -0.375 e. The Bertz CT molecular complexity index is 709. The summed E-state index contributed by atoms with van der Waals surface area (Å²) < 4.78 is 20.6. The predicted molar refractivity (Wildman–Crippen MR) is 156 cm³/mol. The van der Waals surface area contributed by atoms with Crippen LogP contribution < -0.4 is 9.13 Å². The van der Waals surface area contributed by atoms with Gasteiger partial charge in [0, 0.05) is 0 Å². The first kappa shape index (κ1) is 32.6. The van der Waals surface area contributed by atoms with Crippen LogP contribution in [0.15, 0.2) is 37.4 Å². The van der Waals surface area contributed by atoms with E-state index in [2.05, 4.69) is 69.6 Å². The second-order valence-electron chi connectivity index (χ2n) is 11.0. The molecule has 6 nitrogen and oxygen atoms in total. The Morgan fingerprint density at radius 2 is 0.842 bits per heavy atom. The number of rotatable bonds is 27. The molecule has 0 aromatic carbocycles. The summed E-state index contributed by atoms with van der Waals surface area (Å²) in [7, 11) is 0. The fraction of sp³-hybridized carbons (Fsp3) is 0.812. The lowest BCUT2D eigenvalue weighted by Crippen LogP contribution is -2.31. The van der Waals surface area contributed by atoms with Gasteiger partial charge >= 0.3 is 0 Å². The van der Waals surface area contributed by atoms with Crippen molar-refractivity contribution < 1.29 is 18.6 Å². The van der Waals surface area contributed by atoms with Crippen molar-refractivity contribution in [2.24, 2.45) is 0 Å². The van der Waals surface area contributed by atoms with Gasteiger partial charge in [0.2, 0.25) is 12.7 Å². The van der Waals surface area contributed by atoms with Crippen molar-refractivity contribution in [2.75, 3.05) is 26.4 Å². The molecule has 6 heteroatoms. The number of aromatic nitrogens is 4. The van der Waals surface area contributed by atoms with E-state index in [0.29, 0.717) is 13.2 Å². The van der Waals surface area contributed by atoms with Crippen molar-refractivity contribution in [3.05, 3.63) is 37.4 Å². The van der Waals surface area contributed by atoms with Crippen LogP contribution in [0.1, 0.15) is 117 Å². The second kappa shape index (κ2) is 23.2. The third-order valence-electron chi connectivity index (χ3n) is 7.39. The largest absolute Gasteiger partial charge is 0.375 e. The van der Waals surface area contributed by atoms with Crippen LogP contribution in [0.4, 0.5) is 0 Å². The average molecular weight is 533 g/mol. The van der Waals surface area contributed by atoms with Gasteiger partial charge in [0.25, 0.3) is 0 Å². The summed E-state index contributed by atoms with van der Waals surface area (Å²) in [5, 5.41) is 0. The number of aryl methyl sites for hydroxylation is 2. The van der Waals surface area contributed by atoms with Crippen LogP contribution in [-0.4, -0.2) is 35.6 Å². The summed E-state index contributed by atoms with van der Waals surface area (Å²) in [6.07, 6.45) is 35.0. The molecule has 0 bridgehead atoms. The number of hydrogen-bond donors (Lipinski definition) is 0. The first-order valence-corrected chi connectivity index (χ1v) is 16.1. The molecule has 0 atom stereocenters. The maximum Gasteiger partial charge on any atom is 0.243 e. The van der Waals surface area contributed by atoms with E-state index in [1.807, 2.05) is 0 Å². The molecule has 0 radical (unpaired) electrons. The summed E-state index contributed by atoms with van der Waals surface area (Å²) in [5.74, 6) is 0. The number of ether oxygens (including phenoxy) is 2. The highest BCUT2D eigenvalue weighted by atomic mass is 16.5. The molecule has 0 spiro atoms. The fourth-order valence-corrected chi connectivity index (χ4v) is 4.92. The smallest absolute Gasteiger partial charge is 0.243 e. The molecule has 38 heavy (non-hydrogen) atoms. The lowest BCUT2D eigenvalue weighted by atomic mass is 10.1. The van der Waals surface area contributed by atoms with Crippen molar-refractivity contribution in [1.29, 1.82) is 0 Å². The van der Waals surface area contributed by atoms with Gasteiger partial charge in [-0.3, -0.25) is 0 Å². The normalized spacial score (nSPS) is 11.5. The Kier molecular flexibility index (Phi) is 19.9. The number of imidazole rings is 2. The average Bonchev–Trinajstić information content (AvgIpc) is 3.58. The van der Waals surface area contributed by atoms with Crippen LogP contribution in [0, 0.1) is 0 Å². The molecule has 0 fully saturated rings. The summed E-state index contributed by atoms with van der Waals surface area (Å²) in [6.45, 7) is 11.4. The minimum atomic E-state index is 0.656. The van der Waals surface area contributed by atoms with Crippen molar-refractivity contribution in [3.63, 3.8) is 0 Å². The molecular weight excluding hydrogens is 472 g/mol. The van der Waals surface area contributed by atoms with Crippen LogP contribution in [-0.2, 0) is 35.7 Å². The van der Waals surface area contributed by atoms with E-state index in [0.717, 1.165) is 39.4 Å². The molecule has 0 amide bonds. The molecule has 2 aromatic rings. The highest BCUT2D eigenvalue weighted by molar-refractivity contribution is 4.67. The van der Waals surface area contributed by atoms with E-state index in [1.54, 1.807) is 0 Å². The van der Waals surface area contributed by atoms with E-state index >= 15 is 0 Å². The lowest BCUT2D eigenvalue weighted by Gasteiger charge is -2.04. The zero-order chi connectivity index (χ0) is 26.9. The number of nitrogens with zero attached hydrogens (tertiary/aromatic N) is 4. The highest BCUT2D eigenvalue weighted by Gasteiger charge is 2.05. The van der Waals surface area contributed by atoms with Gasteiger partial charge in [0.15, 0.2) is 0 Å². The molecule has 2 rings (SSSR count). The number of unbranched alkanes of at least 4 members (excludes halogenated alkanes) is 14.